The zero-order chi connectivity index (χ0) is 18.2. The van der Waals surface area contributed by atoms with E-state index < -0.39 is 0 Å². The van der Waals surface area contributed by atoms with Crippen molar-refractivity contribution >= 4 is 17.7 Å². The molecular formula is C17H24N6O2. The first-order chi connectivity index (χ1) is 12.0. The van der Waals surface area contributed by atoms with Gasteiger partial charge in [0, 0.05) is 51.2 Å². The second-order valence-corrected chi connectivity index (χ2v) is 5.59. The Labute approximate surface area is 147 Å². The molecule has 2 heterocycles. The first-order valence-corrected chi connectivity index (χ1v) is 8.13. The normalized spacial score (nSPS) is 10.2. The maximum atomic E-state index is 12.1. The van der Waals surface area contributed by atoms with Gasteiger partial charge in [-0.2, -0.15) is 4.98 Å². The highest BCUT2D eigenvalue weighted by molar-refractivity contribution is 5.93. The van der Waals surface area contributed by atoms with Gasteiger partial charge in [-0.1, -0.05) is 0 Å². The van der Waals surface area contributed by atoms with E-state index in [0.717, 1.165) is 11.5 Å². The first-order valence-electron chi connectivity index (χ1n) is 8.13. The van der Waals surface area contributed by atoms with Crippen molar-refractivity contribution in [3.63, 3.8) is 0 Å². The van der Waals surface area contributed by atoms with Gasteiger partial charge in [-0.15, -0.1) is 0 Å². The van der Waals surface area contributed by atoms with E-state index in [-0.39, 0.29) is 5.91 Å². The molecule has 2 aromatic rings. The summed E-state index contributed by atoms with van der Waals surface area (Å²) >= 11 is 0. The number of rotatable bonds is 8. The number of amides is 1. The van der Waals surface area contributed by atoms with Crippen molar-refractivity contribution in [2.45, 2.75) is 13.8 Å². The van der Waals surface area contributed by atoms with Crippen molar-refractivity contribution in [2.24, 2.45) is 0 Å². The van der Waals surface area contributed by atoms with E-state index in [1.807, 2.05) is 38.9 Å². The van der Waals surface area contributed by atoms with Crippen molar-refractivity contribution in [2.75, 3.05) is 44.0 Å². The summed E-state index contributed by atoms with van der Waals surface area (Å²) in [7, 11) is 3.85. The lowest BCUT2D eigenvalue weighted by atomic mass is 10.2. The van der Waals surface area contributed by atoms with E-state index in [1.54, 1.807) is 12.1 Å². The van der Waals surface area contributed by atoms with Gasteiger partial charge in [0.15, 0.2) is 0 Å². The molecule has 0 saturated heterocycles. The number of pyridine rings is 1. The molecule has 0 aromatic carbocycles. The van der Waals surface area contributed by atoms with Gasteiger partial charge >= 0.3 is 0 Å². The van der Waals surface area contributed by atoms with Crippen LogP contribution in [0.15, 0.2) is 24.4 Å². The van der Waals surface area contributed by atoms with Gasteiger partial charge in [0.25, 0.3) is 5.91 Å². The highest BCUT2D eigenvalue weighted by Crippen LogP contribution is 2.11. The minimum absolute atomic E-state index is 0.184. The number of anilines is 2. The van der Waals surface area contributed by atoms with Crippen molar-refractivity contribution in [1.29, 1.82) is 0 Å². The number of aromatic nitrogens is 3. The van der Waals surface area contributed by atoms with E-state index in [0.29, 0.717) is 37.1 Å². The number of carbonyl (C=O) groups is 1. The fourth-order valence-corrected chi connectivity index (χ4v) is 2.06. The summed E-state index contributed by atoms with van der Waals surface area (Å²) < 4.78 is 5.25. The van der Waals surface area contributed by atoms with Crippen LogP contribution in [0, 0.1) is 6.92 Å². The molecule has 8 nitrogen and oxygen atoms in total. The molecule has 0 aliphatic carbocycles. The van der Waals surface area contributed by atoms with Gasteiger partial charge in [0.1, 0.15) is 5.82 Å². The topological polar surface area (TPSA) is 92.3 Å². The molecule has 0 radical (unpaired) electrons. The molecule has 2 N–H and O–H groups in total. The van der Waals surface area contributed by atoms with Crippen LogP contribution < -0.4 is 20.3 Å². The van der Waals surface area contributed by atoms with Crippen molar-refractivity contribution in [1.82, 2.24) is 20.3 Å². The van der Waals surface area contributed by atoms with Crippen LogP contribution in [0.3, 0.4) is 0 Å². The maximum absolute atomic E-state index is 12.1. The molecule has 0 spiro atoms. The van der Waals surface area contributed by atoms with Crippen molar-refractivity contribution < 1.29 is 9.53 Å². The number of carbonyl (C=O) groups excluding carboxylic acids is 1. The minimum atomic E-state index is -0.184. The molecule has 0 aliphatic rings. The van der Waals surface area contributed by atoms with Gasteiger partial charge in [0.2, 0.25) is 11.8 Å². The van der Waals surface area contributed by atoms with E-state index in [4.69, 9.17) is 4.74 Å². The molecule has 0 aliphatic heterocycles. The van der Waals surface area contributed by atoms with Crippen LogP contribution in [-0.2, 0) is 0 Å². The van der Waals surface area contributed by atoms with Crippen LogP contribution in [0.1, 0.15) is 23.0 Å². The third kappa shape index (κ3) is 5.59. The summed E-state index contributed by atoms with van der Waals surface area (Å²) in [6.07, 6.45) is 1.50. The standard InChI is InChI=1S/C17H24N6O2/c1-5-25-15-7-6-13(11-20-15)16(24)18-8-9-19-17-21-12(2)10-14(22-17)23(3)4/h6-7,10-11H,5,8-9H2,1-4H3,(H,18,24)(H,19,21,22). The van der Waals surface area contributed by atoms with Crippen LogP contribution in [-0.4, -0.2) is 54.7 Å². The molecule has 2 aromatic heterocycles. The molecule has 0 saturated carbocycles. The lowest BCUT2D eigenvalue weighted by Crippen LogP contribution is -2.29. The highest BCUT2D eigenvalue weighted by atomic mass is 16.5. The van der Waals surface area contributed by atoms with E-state index in [2.05, 4.69) is 25.6 Å². The summed E-state index contributed by atoms with van der Waals surface area (Å²) in [6, 6.07) is 5.28. The molecule has 134 valence electrons. The summed E-state index contributed by atoms with van der Waals surface area (Å²) in [5, 5.41) is 5.94. The van der Waals surface area contributed by atoms with Crippen LogP contribution in [0.5, 0.6) is 5.88 Å². The number of nitrogens with zero attached hydrogens (tertiary/aromatic N) is 4. The Morgan fingerprint density at radius 3 is 2.68 bits per heavy atom. The SMILES string of the molecule is CCOc1ccc(C(=O)NCCNc2nc(C)cc(N(C)C)n2)cn1. The van der Waals surface area contributed by atoms with Gasteiger partial charge < -0.3 is 20.3 Å². The van der Waals surface area contributed by atoms with Gasteiger partial charge in [-0.05, 0) is 19.9 Å². The molecule has 25 heavy (non-hydrogen) atoms. The third-order valence-electron chi connectivity index (χ3n) is 3.28. The fraction of sp³-hybridized carbons (Fsp3) is 0.412. The van der Waals surface area contributed by atoms with Crippen LogP contribution in [0.4, 0.5) is 11.8 Å². The Morgan fingerprint density at radius 2 is 2.04 bits per heavy atom. The first kappa shape index (κ1) is 18.4. The summed E-state index contributed by atoms with van der Waals surface area (Å²) in [4.78, 5) is 26.8. The summed E-state index contributed by atoms with van der Waals surface area (Å²) in [6.45, 7) is 5.31. The molecule has 8 heteroatoms. The summed E-state index contributed by atoms with van der Waals surface area (Å²) in [5.74, 6) is 1.70. The molecular weight excluding hydrogens is 320 g/mol. The molecule has 0 atom stereocenters. The van der Waals surface area contributed by atoms with Gasteiger partial charge in [-0.25, -0.2) is 9.97 Å². The quantitative estimate of drug-likeness (QED) is 0.701. The lowest BCUT2D eigenvalue weighted by Gasteiger charge is -2.14. The number of hydrogen-bond acceptors (Lipinski definition) is 7. The van der Waals surface area contributed by atoms with Gasteiger partial charge in [0.05, 0.1) is 12.2 Å². The largest absolute Gasteiger partial charge is 0.478 e. The summed E-state index contributed by atoms with van der Waals surface area (Å²) in [5.41, 5.74) is 1.37. The monoisotopic (exact) mass is 344 g/mol. The Balaban J connectivity index is 1.81. The third-order valence-corrected chi connectivity index (χ3v) is 3.28. The van der Waals surface area contributed by atoms with E-state index >= 15 is 0 Å². The maximum Gasteiger partial charge on any atom is 0.252 e. The smallest absolute Gasteiger partial charge is 0.252 e. The second-order valence-electron chi connectivity index (χ2n) is 5.59. The van der Waals surface area contributed by atoms with Crippen LogP contribution in [0.25, 0.3) is 0 Å². The molecule has 0 fully saturated rings. The van der Waals surface area contributed by atoms with Crippen LogP contribution >= 0.6 is 0 Å². The van der Waals surface area contributed by atoms with Crippen molar-refractivity contribution in [3.05, 3.63) is 35.7 Å². The number of hydrogen-bond donors (Lipinski definition) is 2. The molecule has 1 amide bonds. The van der Waals surface area contributed by atoms with Gasteiger partial charge in [-0.3, -0.25) is 4.79 Å². The van der Waals surface area contributed by atoms with E-state index in [9.17, 15) is 4.79 Å². The Hall–Kier alpha value is -2.90. The zero-order valence-corrected chi connectivity index (χ0v) is 15.0. The average molecular weight is 344 g/mol. The molecule has 2 rings (SSSR count). The zero-order valence-electron chi connectivity index (χ0n) is 15.0. The number of nitrogens with one attached hydrogen (secondary N) is 2. The Kier molecular flexibility index (Phi) is 6.50. The number of ether oxygens (including phenoxy) is 1. The molecule has 0 unspecified atom stereocenters. The number of aryl methyl sites for hydroxylation is 1. The highest BCUT2D eigenvalue weighted by Gasteiger charge is 2.07. The Morgan fingerprint density at radius 1 is 1.24 bits per heavy atom. The molecule has 0 bridgehead atoms. The van der Waals surface area contributed by atoms with Crippen molar-refractivity contribution in [3.8, 4) is 5.88 Å². The average Bonchev–Trinajstić information content (AvgIpc) is 2.59. The lowest BCUT2D eigenvalue weighted by molar-refractivity contribution is 0.0954. The Bertz CT molecular complexity index is 703. The fourth-order valence-electron chi connectivity index (χ4n) is 2.06. The van der Waals surface area contributed by atoms with Crippen LogP contribution in [0.2, 0.25) is 0 Å². The predicted molar refractivity (Wildman–Crippen MR) is 97.3 cm³/mol. The minimum Gasteiger partial charge on any atom is -0.478 e. The van der Waals surface area contributed by atoms with E-state index in [1.165, 1.54) is 6.20 Å². The second kappa shape index (κ2) is 8.81. The predicted octanol–water partition coefficient (Wildman–Crippen LogP) is 1.49.